The SMILES string of the molecule is N#Cc1nc(-n2c3ccccc3c3c4c5cc6ccccc6cc5n5c6ccccc6c(cc32)c45)nc2ccccc12. The average molecular weight is 534 g/mol. The Morgan fingerprint density at radius 1 is 0.524 bits per heavy atom. The summed E-state index contributed by atoms with van der Waals surface area (Å²) < 4.78 is 4.58. The van der Waals surface area contributed by atoms with Crippen LogP contribution in [0.3, 0.4) is 0 Å². The van der Waals surface area contributed by atoms with E-state index in [1.54, 1.807) is 0 Å². The summed E-state index contributed by atoms with van der Waals surface area (Å²) in [5.74, 6) is 0.503. The quantitative estimate of drug-likeness (QED) is 0.212. The summed E-state index contributed by atoms with van der Waals surface area (Å²) in [6, 6.07) is 42.7. The van der Waals surface area contributed by atoms with Gasteiger partial charge in [0, 0.05) is 37.7 Å². The highest BCUT2D eigenvalue weighted by Gasteiger charge is 2.25. The molecule has 0 spiro atoms. The Kier molecular flexibility index (Phi) is 3.94. The Hall–Kier alpha value is -5.99. The van der Waals surface area contributed by atoms with E-state index >= 15 is 0 Å². The van der Waals surface area contributed by atoms with E-state index in [2.05, 4.69) is 106 Å². The molecule has 0 aliphatic rings. The second-order valence-electron chi connectivity index (χ2n) is 11.0. The molecule has 0 bridgehead atoms. The number of nitrogens with zero attached hydrogens (tertiary/aromatic N) is 5. The van der Waals surface area contributed by atoms with Gasteiger partial charge in [-0.3, -0.25) is 4.57 Å². The Labute approximate surface area is 238 Å². The lowest BCUT2D eigenvalue weighted by molar-refractivity contribution is 1.00. The summed E-state index contributed by atoms with van der Waals surface area (Å²) in [5, 5.41) is 20.4. The van der Waals surface area contributed by atoms with Crippen LogP contribution in [0.1, 0.15) is 5.69 Å². The lowest BCUT2D eigenvalue weighted by Gasteiger charge is -2.09. The first-order valence-corrected chi connectivity index (χ1v) is 14.0. The summed E-state index contributed by atoms with van der Waals surface area (Å²) in [7, 11) is 0. The first-order valence-electron chi connectivity index (χ1n) is 14.0. The molecule has 42 heavy (non-hydrogen) atoms. The van der Waals surface area contributed by atoms with E-state index in [4.69, 9.17) is 9.97 Å². The molecule has 4 heterocycles. The average Bonchev–Trinajstić information content (AvgIpc) is 3.67. The molecule has 4 aromatic heterocycles. The van der Waals surface area contributed by atoms with Crippen molar-refractivity contribution in [1.82, 2.24) is 18.9 Å². The van der Waals surface area contributed by atoms with Gasteiger partial charge in [0.25, 0.3) is 0 Å². The van der Waals surface area contributed by atoms with E-state index in [0.29, 0.717) is 11.6 Å². The van der Waals surface area contributed by atoms with Crippen molar-refractivity contribution in [1.29, 1.82) is 5.26 Å². The molecule has 0 atom stereocenters. The van der Waals surface area contributed by atoms with Gasteiger partial charge in [-0.05, 0) is 53.2 Å². The Balaban J connectivity index is 1.50. The maximum absolute atomic E-state index is 10.0. The highest BCUT2D eigenvalue weighted by atomic mass is 15.2. The summed E-state index contributed by atoms with van der Waals surface area (Å²) in [6.07, 6.45) is 0. The summed E-state index contributed by atoms with van der Waals surface area (Å²) in [5.41, 5.74) is 6.80. The number of hydrogen-bond acceptors (Lipinski definition) is 3. The molecule has 0 saturated heterocycles. The largest absolute Gasteiger partial charge is 0.308 e. The Morgan fingerprint density at radius 3 is 2.05 bits per heavy atom. The topological polar surface area (TPSA) is 58.9 Å². The number of rotatable bonds is 1. The van der Waals surface area contributed by atoms with Crippen molar-refractivity contribution in [2.75, 3.05) is 0 Å². The van der Waals surface area contributed by atoms with Crippen molar-refractivity contribution in [2.24, 2.45) is 0 Å². The number of hydrogen-bond donors (Lipinski definition) is 0. The van der Waals surface area contributed by atoms with E-state index < -0.39 is 0 Å². The van der Waals surface area contributed by atoms with E-state index in [0.717, 1.165) is 27.3 Å². The molecule has 0 saturated carbocycles. The number of aromatic nitrogens is 4. The minimum atomic E-state index is 0.376. The van der Waals surface area contributed by atoms with Crippen LogP contribution in [0, 0.1) is 11.3 Å². The second-order valence-corrected chi connectivity index (χ2v) is 11.0. The first-order chi connectivity index (χ1) is 20.8. The Morgan fingerprint density at radius 2 is 1.21 bits per heavy atom. The van der Waals surface area contributed by atoms with Gasteiger partial charge in [0.15, 0.2) is 5.69 Å². The van der Waals surface area contributed by atoms with Gasteiger partial charge in [-0.25, -0.2) is 9.97 Å². The van der Waals surface area contributed by atoms with Gasteiger partial charge < -0.3 is 4.40 Å². The molecule has 0 amide bonds. The molecule has 0 aliphatic carbocycles. The highest BCUT2D eigenvalue weighted by Crippen LogP contribution is 2.47. The van der Waals surface area contributed by atoms with Gasteiger partial charge in [0.2, 0.25) is 5.95 Å². The third kappa shape index (κ3) is 2.57. The van der Waals surface area contributed by atoms with Crippen LogP contribution in [-0.2, 0) is 0 Å². The van der Waals surface area contributed by atoms with E-state index in [1.165, 1.54) is 54.3 Å². The number of nitriles is 1. The zero-order chi connectivity index (χ0) is 27.5. The van der Waals surface area contributed by atoms with Gasteiger partial charge in [0.05, 0.1) is 33.1 Å². The molecule has 6 aromatic carbocycles. The Bertz CT molecular complexity index is 2810. The van der Waals surface area contributed by atoms with Crippen LogP contribution in [-0.4, -0.2) is 18.9 Å². The molecule has 0 aliphatic heterocycles. The van der Waals surface area contributed by atoms with E-state index in [-0.39, 0.29) is 0 Å². The molecule has 10 rings (SSSR count). The maximum atomic E-state index is 10.0. The number of para-hydroxylation sites is 3. The van der Waals surface area contributed by atoms with Gasteiger partial charge in [-0.2, -0.15) is 5.26 Å². The summed E-state index contributed by atoms with van der Waals surface area (Å²) in [6.45, 7) is 0. The molecule has 0 N–H and O–H groups in total. The fraction of sp³-hybridized carbons (Fsp3) is 0. The second kappa shape index (κ2) is 7.60. The van der Waals surface area contributed by atoms with Crippen LogP contribution < -0.4 is 0 Å². The zero-order valence-corrected chi connectivity index (χ0v) is 22.2. The first kappa shape index (κ1) is 21.8. The standard InChI is InChI=1S/C37H19N5/c38-20-29-24-12-3-6-14-28(24)39-37(40-29)42-31-16-8-5-13-25(31)34-33(42)19-26-23-11-4-7-15-30(23)41-32-18-22-10-2-1-9-21(22)17-27(32)35(34)36(26)41/h1-19H. The van der Waals surface area contributed by atoms with Crippen LogP contribution in [0.2, 0.25) is 0 Å². The van der Waals surface area contributed by atoms with E-state index in [9.17, 15) is 5.26 Å². The molecule has 5 heteroatoms. The monoisotopic (exact) mass is 533 g/mol. The third-order valence-corrected chi connectivity index (χ3v) is 8.86. The lowest BCUT2D eigenvalue weighted by Crippen LogP contribution is -2.03. The zero-order valence-electron chi connectivity index (χ0n) is 22.2. The number of benzene rings is 6. The van der Waals surface area contributed by atoms with Crippen LogP contribution >= 0.6 is 0 Å². The van der Waals surface area contributed by atoms with Crippen LogP contribution in [0.15, 0.2) is 115 Å². The molecular formula is C37H19N5. The highest BCUT2D eigenvalue weighted by molar-refractivity contribution is 6.36. The van der Waals surface area contributed by atoms with Gasteiger partial charge in [-0.1, -0.05) is 72.8 Å². The van der Waals surface area contributed by atoms with Crippen LogP contribution in [0.25, 0.3) is 87.5 Å². The third-order valence-electron chi connectivity index (χ3n) is 8.86. The minimum Gasteiger partial charge on any atom is -0.308 e. The van der Waals surface area contributed by atoms with Crippen molar-refractivity contribution < 1.29 is 0 Å². The lowest BCUT2D eigenvalue weighted by atomic mass is 10.0. The molecule has 0 unspecified atom stereocenters. The molecule has 10 aromatic rings. The molecule has 5 nitrogen and oxygen atoms in total. The van der Waals surface area contributed by atoms with Crippen molar-refractivity contribution in [3.63, 3.8) is 0 Å². The van der Waals surface area contributed by atoms with Crippen molar-refractivity contribution in [2.45, 2.75) is 0 Å². The number of fused-ring (bicyclic) bond motifs is 12. The molecule has 0 fully saturated rings. The van der Waals surface area contributed by atoms with Crippen molar-refractivity contribution in [3.05, 3.63) is 121 Å². The van der Waals surface area contributed by atoms with Gasteiger partial charge in [0.1, 0.15) is 6.07 Å². The summed E-state index contributed by atoms with van der Waals surface area (Å²) in [4.78, 5) is 9.84. The van der Waals surface area contributed by atoms with Crippen molar-refractivity contribution in [3.8, 4) is 12.0 Å². The van der Waals surface area contributed by atoms with Crippen LogP contribution in [0.4, 0.5) is 0 Å². The van der Waals surface area contributed by atoms with Crippen LogP contribution in [0.5, 0.6) is 0 Å². The van der Waals surface area contributed by atoms with Gasteiger partial charge >= 0.3 is 0 Å². The molecule has 192 valence electrons. The van der Waals surface area contributed by atoms with E-state index in [1.807, 2.05) is 24.3 Å². The maximum Gasteiger partial charge on any atom is 0.236 e. The van der Waals surface area contributed by atoms with Crippen molar-refractivity contribution >= 4 is 81.6 Å². The molecule has 0 radical (unpaired) electrons. The minimum absolute atomic E-state index is 0.376. The summed E-state index contributed by atoms with van der Waals surface area (Å²) >= 11 is 0. The normalized spacial score (nSPS) is 12.3. The van der Waals surface area contributed by atoms with Gasteiger partial charge in [-0.15, -0.1) is 0 Å². The smallest absolute Gasteiger partial charge is 0.236 e. The fourth-order valence-electron chi connectivity index (χ4n) is 7.16. The fourth-order valence-corrected chi connectivity index (χ4v) is 7.16. The predicted molar refractivity (Wildman–Crippen MR) is 171 cm³/mol. The predicted octanol–water partition coefficient (Wildman–Crippen LogP) is 8.90. The molecular weight excluding hydrogens is 514 g/mol.